The zero-order chi connectivity index (χ0) is 29.1. The molecule has 0 spiro atoms. The molecular weight excluding hydrogens is 504 g/mol. The molecule has 2 saturated carbocycles. The topological polar surface area (TPSA) is 122 Å². The van der Waals surface area contributed by atoms with Gasteiger partial charge in [-0.2, -0.15) is 0 Å². The molecule has 0 aromatic heterocycles. The molecular formula is C30H38O9. The fourth-order valence-corrected chi connectivity index (χ4v) is 9.88. The predicted molar refractivity (Wildman–Crippen MR) is 136 cm³/mol. The number of esters is 4. The first-order valence-electron chi connectivity index (χ1n) is 13.6. The summed E-state index contributed by atoms with van der Waals surface area (Å²) >= 11 is 0. The highest BCUT2D eigenvalue weighted by atomic mass is 16.6. The molecule has 0 radical (unpaired) electrons. The van der Waals surface area contributed by atoms with Crippen LogP contribution >= 0.6 is 0 Å². The normalized spacial score (nSPS) is 43.5. The number of ketones is 1. The molecule has 5 aliphatic rings. The number of hydrogen-bond donors (Lipinski definition) is 0. The highest BCUT2D eigenvalue weighted by Crippen LogP contribution is 2.79. The van der Waals surface area contributed by atoms with Crippen LogP contribution in [0.25, 0.3) is 0 Å². The second-order valence-corrected chi connectivity index (χ2v) is 13.1. The Morgan fingerprint density at radius 1 is 1.03 bits per heavy atom. The maximum Gasteiger partial charge on any atom is 0.321 e. The summed E-state index contributed by atoms with van der Waals surface area (Å²) in [5, 5.41) is 0. The fraction of sp³-hybridized carbons (Fsp3) is 0.700. The lowest BCUT2D eigenvalue weighted by Crippen LogP contribution is -2.71. The molecule has 1 saturated heterocycles. The van der Waals surface area contributed by atoms with Gasteiger partial charge in [0.05, 0.1) is 17.9 Å². The van der Waals surface area contributed by atoms with Crippen molar-refractivity contribution in [3.8, 4) is 0 Å². The van der Waals surface area contributed by atoms with E-state index < -0.39 is 62.9 Å². The molecule has 1 unspecified atom stereocenters. The van der Waals surface area contributed by atoms with Gasteiger partial charge in [0.1, 0.15) is 18.0 Å². The van der Waals surface area contributed by atoms with E-state index in [2.05, 4.69) is 0 Å². The van der Waals surface area contributed by atoms with Crippen molar-refractivity contribution in [3.63, 3.8) is 0 Å². The molecule has 8 atom stereocenters. The van der Waals surface area contributed by atoms with E-state index in [-0.39, 0.29) is 35.6 Å². The lowest BCUT2D eigenvalue weighted by Gasteiger charge is -2.66. The minimum absolute atomic E-state index is 0.150. The lowest BCUT2D eigenvalue weighted by molar-refractivity contribution is -0.217. The first kappa shape index (κ1) is 27.6. The van der Waals surface area contributed by atoms with Gasteiger partial charge >= 0.3 is 23.9 Å². The Morgan fingerprint density at radius 3 is 2.23 bits per heavy atom. The van der Waals surface area contributed by atoms with Crippen LogP contribution < -0.4 is 0 Å². The number of carbonyl (C=O) groups excluding carboxylic acids is 5. The van der Waals surface area contributed by atoms with E-state index in [1.54, 1.807) is 13.8 Å². The zero-order valence-electron chi connectivity index (χ0n) is 24.2. The number of fused-ring (bicyclic) bond motifs is 3. The van der Waals surface area contributed by atoms with Crippen LogP contribution in [0.1, 0.15) is 74.7 Å². The first-order valence-corrected chi connectivity index (χ1v) is 13.6. The third kappa shape index (κ3) is 2.84. The molecule has 1 aliphatic heterocycles. The molecule has 2 bridgehead atoms. The second kappa shape index (κ2) is 8.04. The van der Waals surface area contributed by atoms with Gasteiger partial charge in [0.2, 0.25) is 0 Å². The molecule has 5 rings (SSSR count). The van der Waals surface area contributed by atoms with Crippen molar-refractivity contribution in [3.05, 3.63) is 23.0 Å². The highest BCUT2D eigenvalue weighted by molar-refractivity contribution is 6.17. The maximum atomic E-state index is 14.5. The van der Waals surface area contributed by atoms with Gasteiger partial charge in [0.25, 0.3) is 0 Å². The molecule has 9 heteroatoms. The lowest BCUT2D eigenvalue weighted by atomic mass is 9.33. The molecule has 3 fully saturated rings. The van der Waals surface area contributed by atoms with Crippen molar-refractivity contribution < 1.29 is 42.9 Å². The smallest absolute Gasteiger partial charge is 0.321 e. The third-order valence-electron chi connectivity index (χ3n) is 11.2. The van der Waals surface area contributed by atoms with Gasteiger partial charge in [-0.25, -0.2) is 0 Å². The number of ether oxygens (including phenoxy) is 4. The van der Waals surface area contributed by atoms with Crippen LogP contribution in [0.3, 0.4) is 0 Å². The Labute approximate surface area is 228 Å². The third-order valence-corrected chi connectivity index (χ3v) is 11.2. The number of Topliss-reactive ketones (excluding diaryl/α,β-unsaturated/α-hetero) is 1. The van der Waals surface area contributed by atoms with Crippen LogP contribution in [0.2, 0.25) is 0 Å². The predicted octanol–water partition coefficient (Wildman–Crippen LogP) is 3.84. The monoisotopic (exact) mass is 542 g/mol. The summed E-state index contributed by atoms with van der Waals surface area (Å²) in [6.45, 7) is 13.7. The second-order valence-electron chi connectivity index (χ2n) is 13.1. The molecule has 1 heterocycles. The van der Waals surface area contributed by atoms with Gasteiger partial charge < -0.3 is 18.9 Å². The van der Waals surface area contributed by atoms with Crippen molar-refractivity contribution in [1.82, 2.24) is 0 Å². The van der Waals surface area contributed by atoms with E-state index in [0.717, 1.165) is 0 Å². The zero-order valence-corrected chi connectivity index (χ0v) is 24.2. The first-order chi connectivity index (χ1) is 18.0. The van der Waals surface area contributed by atoms with E-state index >= 15 is 0 Å². The number of carbonyl (C=O) groups is 5. The quantitative estimate of drug-likeness (QED) is 0.227. The molecule has 39 heavy (non-hydrogen) atoms. The van der Waals surface area contributed by atoms with Crippen LogP contribution in [0.5, 0.6) is 0 Å². The van der Waals surface area contributed by atoms with Gasteiger partial charge in [-0.3, -0.25) is 24.0 Å². The minimum Gasteiger partial charge on any atom is -0.468 e. The largest absolute Gasteiger partial charge is 0.468 e. The number of allylic oxidation sites excluding steroid dienone is 3. The Bertz CT molecular complexity index is 1290. The molecule has 0 amide bonds. The molecule has 4 aliphatic carbocycles. The Morgan fingerprint density at radius 2 is 1.67 bits per heavy atom. The summed E-state index contributed by atoms with van der Waals surface area (Å²) in [6, 6.07) is 0. The van der Waals surface area contributed by atoms with E-state index in [1.165, 1.54) is 21.0 Å². The van der Waals surface area contributed by atoms with E-state index in [4.69, 9.17) is 18.9 Å². The minimum atomic E-state index is -1.78. The van der Waals surface area contributed by atoms with Crippen LogP contribution in [-0.4, -0.2) is 49.0 Å². The molecule has 9 nitrogen and oxygen atoms in total. The van der Waals surface area contributed by atoms with Crippen LogP contribution in [0.15, 0.2) is 23.0 Å². The van der Waals surface area contributed by atoms with Crippen LogP contribution in [0, 0.1) is 38.9 Å². The van der Waals surface area contributed by atoms with Gasteiger partial charge in [0.15, 0.2) is 11.2 Å². The average Bonchev–Trinajstić information content (AvgIpc) is 3.17. The summed E-state index contributed by atoms with van der Waals surface area (Å²) in [6.07, 6.45) is 2.02. The Balaban J connectivity index is 1.79. The van der Waals surface area contributed by atoms with Crippen LogP contribution in [-0.2, 0) is 42.9 Å². The van der Waals surface area contributed by atoms with Crippen molar-refractivity contribution in [1.29, 1.82) is 0 Å². The Kier molecular flexibility index (Phi) is 5.69. The summed E-state index contributed by atoms with van der Waals surface area (Å²) in [5.74, 6) is -3.21. The standard InChI is InChI=1S/C30H38O9/c1-14-12-19-27(7,30(25(35)36-9)22(33)15(2)23(28(14,30)8)38-17(4)32)13-18-21-26(5,6)20(37-16(3)31)10-11-29(19,21)24(34)39-18/h12,18-21H,10-11,13H2,1-9H3/t18?,19-,20+,21-,27+,28+,29-,30-/m0/s1. The van der Waals surface area contributed by atoms with E-state index in [1.807, 2.05) is 33.8 Å². The van der Waals surface area contributed by atoms with E-state index in [9.17, 15) is 24.0 Å². The summed E-state index contributed by atoms with van der Waals surface area (Å²) in [4.78, 5) is 66.7. The molecule has 0 aromatic rings. The maximum absolute atomic E-state index is 14.5. The molecule has 0 N–H and O–H groups in total. The van der Waals surface area contributed by atoms with Crippen molar-refractivity contribution >= 4 is 29.7 Å². The fourth-order valence-electron chi connectivity index (χ4n) is 9.88. The van der Waals surface area contributed by atoms with Gasteiger partial charge in [-0.1, -0.05) is 32.4 Å². The summed E-state index contributed by atoms with van der Waals surface area (Å²) < 4.78 is 23.0. The molecule has 0 aromatic carbocycles. The van der Waals surface area contributed by atoms with Crippen LogP contribution in [0.4, 0.5) is 0 Å². The Hall–Kier alpha value is -2.97. The molecule has 212 valence electrons. The van der Waals surface area contributed by atoms with Crippen molar-refractivity contribution in [2.75, 3.05) is 7.11 Å². The number of rotatable bonds is 3. The van der Waals surface area contributed by atoms with E-state index in [0.29, 0.717) is 18.4 Å². The highest BCUT2D eigenvalue weighted by Gasteiger charge is 2.85. The van der Waals surface area contributed by atoms with Crippen molar-refractivity contribution in [2.24, 2.45) is 38.9 Å². The SMILES string of the molecule is COC(=O)[C@]12C(=O)C(C)=C(OC(C)=O)[C@@]1(C)C(C)=C[C@@H]1[C@@]34CC[C@@H](OC(C)=O)C(C)(C)[C@@H]3C(C[C@]12C)OC4=O. The number of hydrogen-bond acceptors (Lipinski definition) is 9. The van der Waals surface area contributed by atoms with Gasteiger partial charge in [-0.15, -0.1) is 0 Å². The average molecular weight is 543 g/mol. The number of methoxy groups -OCH3 is 1. The summed E-state index contributed by atoms with van der Waals surface area (Å²) in [5.41, 5.74) is -5.01. The van der Waals surface area contributed by atoms with Gasteiger partial charge in [0, 0.05) is 42.1 Å². The summed E-state index contributed by atoms with van der Waals surface area (Å²) in [7, 11) is 1.25. The van der Waals surface area contributed by atoms with Gasteiger partial charge in [-0.05, 0) is 40.0 Å². The van der Waals surface area contributed by atoms with Crippen molar-refractivity contribution in [2.45, 2.75) is 86.9 Å².